The van der Waals surface area contributed by atoms with E-state index in [0.717, 1.165) is 46.2 Å². The Morgan fingerprint density at radius 2 is 0.836 bits per heavy atom. The summed E-state index contributed by atoms with van der Waals surface area (Å²) in [4.78, 5) is 65.2. The van der Waals surface area contributed by atoms with Gasteiger partial charge in [-0.05, 0) is 134 Å². The standard InChI is InChI=1S/C48H40O11P2/c1-31-4-6-32(7-5-31)46(49)33-8-18-39(19-9-33)58-41-24-14-36(15-25-41)48(2,35-12-22-38(57-3)23-13-35)37-16-26-42(27-17-37)59-40-20-10-34(11-21-40)47(50)44-30-43(60(51,52)53)28-29-45(44)61(54,55)56/h4-30H,1-3H3,(H2,51,52,53)(H2,54,55,56). The molecule has 61 heavy (non-hydrogen) atoms. The largest absolute Gasteiger partial charge is 0.497 e. The molecule has 0 aliphatic rings. The third-order valence-corrected chi connectivity index (χ3v) is 12.4. The average molecular weight is 855 g/mol. The van der Waals surface area contributed by atoms with E-state index in [1.54, 1.807) is 31.4 Å². The zero-order valence-corrected chi connectivity index (χ0v) is 34.9. The van der Waals surface area contributed by atoms with Gasteiger partial charge in [-0.1, -0.05) is 66.2 Å². The monoisotopic (exact) mass is 854 g/mol. The Kier molecular flexibility index (Phi) is 12.1. The van der Waals surface area contributed by atoms with Crippen LogP contribution in [0.15, 0.2) is 164 Å². The second-order valence-electron chi connectivity index (χ2n) is 14.5. The summed E-state index contributed by atoms with van der Waals surface area (Å²) < 4.78 is 41.7. The molecule has 0 saturated carbocycles. The lowest BCUT2D eigenvalue weighted by atomic mass is 9.71. The number of methoxy groups -OCH3 is 1. The molecule has 11 nitrogen and oxygen atoms in total. The van der Waals surface area contributed by atoms with E-state index in [0.29, 0.717) is 34.1 Å². The van der Waals surface area contributed by atoms with Crippen LogP contribution in [0, 0.1) is 6.92 Å². The number of carbonyl (C=O) groups excluding carboxylic acids is 2. The van der Waals surface area contributed by atoms with Crippen molar-refractivity contribution in [3.05, 3.63) is 208 Å². The lowest BCUT2D eigenvalue weighted by Crippen LogP contribution is -2.25. The molecule has 0 aliphatic heterocycles. The summed E-state index contributed by atoms with van der Waals surface area (Å²) in [6.07, 6.45) is 0. The van der Waals surface area contributed by atoms with Crippen molar-refractivity contribution in [3.63, 3.8) is 0 Å². The molecule has 0 bridgehead atoms. The lowest BCUT2D eigenvalue weighted by molar-refractivity contribution is 0.103. The van der Waals surface area contributed by atoms with Crippen LogP contribution in [0.25, 0.3) is 0 Å². The highest BCUT2D eigenvalue weighted by Crippen LogP contribution is 2.42. The maximum atomic E-state index is 13.4. The fourth-order valence-corrected chi connectivity index (χ4v) is 8.24. The van der Waals surface area contributed by atoms with Gasteiger partial charge in [-0.15, -0.1) is 0 Å². The highest BCUT2D eigenvalue weighted by Gasteiger charge is 2.32. The maximum Gasteiger partial charge on any atom is 0.356 e. The normalized spacial score (nSPS) is 12.6. The van der Waals surface area contributed by atoms with Gasteiger partial charge in [0, 0.05) is 27.7 Å². The molecule has 7 aromatic rings. The highest BCUT2D eigenvalue weighted by molar-refractivity contribution is 7.61. The fourth-order valence-electron chi connectivity index (χ4n) is 6.93. The second-order valence-corrected chi connectivity index (χ2v) is 17.6. The highest BCUT2D eigenvalue weighted by atomic mass is 31.2. The first kappa shape index (κ1) is 42.7. The third kappa shape index (κ3) is 9.49. The Morgan fingerprint density at radius 1 is 0.475 bits per heavy atom. The molecular weight excluding hydrogens is 814 g/mol. The van der Waals surface area contributed by atoms with Crippen molar-refractivity contribution >= 4 is 37.4 Å². The predicted octanol–water partition coefficient (Wildman–Crippen LogP) is 9.01. The first-order valence-corrected chi connectivity index (χ1v) is 22.1. The van der Waals surface area contributed by atoms with Crippen LogP contribution in [-0.4, -0.2) is 38.2 Å². The SMILES string of the molecule is COc1ccc(C(C)(c2ccc(Oc3ccc(C(=O)c4ccc(C)cc4)cc3)cc2)c2ccc(Oc3ccc(C(=O)c4cc(P(=O)(O)O)ccc4P(=O)(O)O)cc3)cc2)cc1. The van der Waals surface area contributed by atoms with Crippen LogP contribution in [0.1, 0.15) is 61.0 Å². The minimum atomic E-state index is -4.96. The first-order valence-electron chi connectivity index (χ1n) is 18.9. The summed E-state index contributed by atoms with van der Waals surface area (Å²) in [5.41, 5.74) is 4.06. The van der Waals surface area contributed by atoms with Crippen LogP contribution in [0.4, 0.5) is 0 Å². The van der Waals surface area contributed by atoms with E-state index in [4.69, 9.17) is 14.2 Å². The molecule has 1 unspecified atom stereocenters. The summed E-state index contributed by atoms with van der Waals surface area (Å²) in [7, 11) is -8.17. The minimum Gasteiger partial charge on any atom is -0.497 e. The number of aryl methyl sites for hydroxylation is 1. The Labute approximate surface area is 352 Å². The molecule has 0 radical (unpaired) electrons. The van der Waals surface area contributed by atoms with Crippen LogP contribution in [-0.2, 0) is 14.5 Å². The van der Waals surface area contributed by atoms with Gasteiger partial charge in [0.1, 0.15) is 28.7 Å². The van der Waals surface area contributed by atoms with Gasteiger partial charge in [0.2, 0.25) is 0 Å². The predicted molar refractivity (Wildman–Crippen MR) is 232 cm³/mol. The van der Waals surface area contributed by atoms with E-state index in [2.05, 4.69) is 6.92 Å². The number of carbonyl (C=O) groups is 2. The molecule has 0 amide bonds. The summed E-state index contributed by atoms with van der Waals surface area (Å²) in [5, 5.41) is -1.19. The fraction of sp³-hybridized carbons (Fsp3) is 0.0833. The molecule has 0 heterocycles. The Bertz CT molecular complexity index is 2790. The van der Waals surface area contributed by atoms with Crippen LogP contribution < -0.4 is 24.8 Å². The van der Waals surface area contributed by atoms with E-state index in [-0.39, 0.29) is 11.3 Å². The van der Waals surface area contributed by atoms with Gasteiger partial charge in [0.15, 0.2) is 11.6 Å². The summed E-state index contributed by atoms with van der Waals surface area (Å²) in [5.74, 6) is 1.89. The van der Waals surface area contributed by atoms with Crippen molar-refractivity contribution in [2.75, 3.05) is 7.11 Å². The maximum absolute atomic E-state index is 13.4. The lowest BCUT2D eigenvalue weighted by Gasteiger charge is -2.32. The van der Waals surface area contributed by atoms with Crippen LogP contribution >= 0.6 is 15.2 Å². The number of ketones is 2. The van der Waals surface area contributed by atoms with E-state index in [1.165, 1.54) is 24.3 Å². The zero-order valence-electron chi connectivity index (χ0n) is 33.1. The van der Waals surface area contributed by atoms with Gasteiger partial charge in [-0.25, -0.2) is 0 Å². The summed E-state index contributed by atoms with van der Waals surface area (Å²) >= 11 is 0. The van der Waals surface area contributed by atoms with Crippen molar-refractivity contribution in [2.45, 2.75) is 19.3 Å². The van der Waals surface area contributed by atoms with Gasteiger partial charge >= 0.3 is 15.2 Å². The van der Waals surface area contributed by atoms with E-state index < -0.39 is 42.6 Å². The average Bonchev–Trinajstić information content (AvgIpc) is 3.26. The Hall–Kier alpha value is -6.42. The summed E-state index contributed by atoms with van der Waals surface area (Å²) in [6.45, 7) is 4.10. The van der Waals surface area contributed by atoms with Crippen molar-refractivity contribution in [1.82, 2.24) is 0 Å². The Balaban J connectivity index is 1.10. The molecule has 308 valence electrons. The Morgan fingerprint density at radius 3 is 1.21 bits per heavy atom. The van der Waals surface area contributed by atoms with Crippen molar-refractivity contribution in [2.24, 2.45) is 0 Å². The molecule has 0 fully saturated rings. The van der Waals surface area contributed by atoms with Gasteiger partial charge < -0.3 is 33.8 Å². The molecule has 7 aromatic carbocycles. The molecule has 4 N–H and O–H groups in total. The van der Waals surface area contributed by atoms with Gasteiger partial charge in [-0.2, -0.15) is 0 Å². The van der Waals surface area contributed by atoms with Crippen LogP contribution in [0.3, 0.4) is 0 Å². The third-order valence-electron chi connectivity index (χ3n) is 10.4. The zero-order chi connectivity index (χ0) is 43.5. The smallest absolute Gasteiger partial charge is 0.356 e. The molecule has 0 saturated heterocycles. The molecule has 13 heteroatoms. The molecule has 0 spiro atoms. The van der Waals surface area contributed by atoms with Gasteiger partial charge in [-0.3, -0.25) is 18.7 Å². The molecule has 1 atom stereocenters. The number of hydrogen-bond donors (Lipinski definition) is 4. The van der Waals surface area contributed by atoms with Crippen LogP contribution in [0.2, 0.25) is 0 Å². The van der Waals surface area contributed by atoms with E-state index in [9.17, 15) is 38.3 Å². The number of benzene rings is 7. The van der Waals surface area contributed by atoms with Crippen LogP contribution in [0.5, 0.6) is 28.7 Å². The van der Waals surface area contributed by atoms with Crippen molar-refractivity contribution in [1.29, 1.82) is 0 Å². The van der Waals surface area contributed by atoms with Crippen molar-refractivity contribution in [3.8, 4) is 28.7 Å². The number of ether oxygens (including phenoxy) is 3. The molecule has 0 aromatic heterocycles. The molecule has 7 rings (SSSR count). The van der Waals surface area contributed by atoms with E-state index in [1.807, 2.05) is 104 Å². The van der Waals surface area contributed by atoms with Gasteiger partial charge in [0.05, 0.1) is 17.7 Å². The molecular formula is C48H40O11P2. The van der Waals surface area contributed by atoms with E-state index >= 15 is 0 Å². The topological polar surface area (TPSA) is 177 Å². The minimum absolute atomic E-state index is 0.0233. The number of hydrogen-bond acceptors (Lipinski definition) is 7. The second kappa shape index (κ2) is 17.3. The number of rotatable bonds is 14. The van der Waals surface area contributed by atoms with Crippen molar-refractivity contribution < 1.29 is 52.5 Å². The van der Waals surface area contributed by atoms with Gasteiger partial charge in [0.25, 0.3) is 0 Å². The summed E-state index contributed by atoms with van der Waals surface area (Å²) in [6, 6.07) is 46.1. The first-order chi connectivity index (χ1) is 29.0. The quantitative estimate of drug-likeness (QED) is 0.0467. The molecule has 0 aliphatic carbocycles.